The van der Waals surface area contributed by atoms with Crippen LogP contribution in [0.1, 0.15) is 48.9 Å². The molecule has 1 atom stereocenters. The van der Waals surface area contributed by atoms with Crippen molar-refractivity contribution in [2.75, 3.05) is 20.2 Å². The molecule has 0 radical (unpaired) electrons. The van der Waals surface area contributed by atoms with Gasteiger partial charge in [0.25, 0.3) is 10.0 Å². The zero-order valence-electron chi connectivity index (χ0n) is 15.6. The summed E-state index contributed by atoms with van der Waals surface area (Å²) in [6.45, 7) is 1.52. The van der Waals surface area contributed by atoms with Gasteiger partial charge in [-0.15, -0.1) is 0 Å². The van der Waals surface area contributed by atoms with Gasteiger partial charge >= 0.3 is 0 Å². The Morgan fingerprint density at radius 1 is 1.26 bits per heavy atom. The maximum Gasteiger partial charge on any atom is 0.279 e. The Labute approximate surface area is 160 Å². The van der Waals surface area contributed by atoms with E-state index in [1.165, 1.54) is 44.9 Å². The van der Waals surface area contributed by atoms with Gasteiger partial charge in [0.05, 0.1) is 17.6 Å². The predicted molar refractivity (Wildman–Crippen MR) is 101 cm³/mol. The van der Waals surface area contributed by atoms with E-state index in [1.54, 1.807) is 12.1 Å². The van der Waals surface area contributed by atoms with Crippen LogP contribution in [0.2, 0.25) is 0 Å². The fourth-order valence-corrected chi connectivity index (χ4v) is 5.52. The highest BCUT2D eigenvalue weighted by molar-refractivity contribution is 7.89. The van der Waals surface area contributed by atoms with Crippen LogP contribution in [0.5, 0.6) is 0 Å². The maximum atomic E-state index is 12.9. The van der Waals surface area contributed by atoms with Crippen LogP contribution in [0.15, 0.2) is 29.2 Å². The third-order valence-corrected chi connectivity index (χ3v) is 7.11. The van der Waals surface area contributed by atoms with Crippen LogP contribution in [0.25, 0.3) is 0 Å². The Bertz CT molecular complexity index is 764. The molecule has 0 aromatic heterocycles. The van der Waals surface area contributed by atoms with Crippen molar-refractivity contribution in [1.82, 2.24) is 14.9 Å². The van der Waals surface area contributed by atoms with Gasteiger partial charge in [-0.25, -0.2) is 13.8 Å². The molecule has 3 rings (SSSR count). The van der Waals surface area contributed by atoms with Crippen LogP contribution in [-0.2, 0) is 14.9 Å². The molecule has 0 spiro atoms. The molecule has 27 heavy (non-hydrogen) atoms. The molecule has 1 saturated carbocycles. The number of hydrogen-bond donors (Lipinski definition) is 2. The number of nitrogens with zero attached hydrogens (tertiary/aromatic N) is 2. The zero-order chi connectivity index (χ0) is 19.4. The van der Waals surface area contributed by atoms with E-state index in [0.29, 0.717) is 12.6 Å². The van der Waals surface area contributed by atoms with E-state index in [1.807, 2.05) is 0 Å². The van der Waals surface area contributed by atoms with E-state index in [2.05, 4.69) is 10.3 Å². The molecule has 1 aromatic carbocycles. The number of carbonyl (C=O) groups excluding carboxylic acids is 1. The topological polar surface area (TPSA) is 105 Å². The number of benzene rings is 1. The molecule has 1 aliphatic heterocycles. The highest BCUT2D eigenvalue weighted by Crippen LogP contribution is 2.30. The summed E-state index contributed by atoms with van der Waals surface area (Å²) in [6.07, 6.45) is 7.11. The minimum Gasteiger partial charge on any atom is -0.366 e. The van der Waals surface area contributed by atoms with E-state index >= 15 is 0 Å². The van der Waals surface area contributed by atoms with Crippen molar-refractivity contribution in [2.45, 2.75) is 55.5 Å². The lowest BCUT2D eigenvalue weighted by Gasteiger charge is -2.32. The summed E-state index contributed by atoms with van der Waals surface area (Å²) in [5.74, 6) is -0.798. The van der Waals surface area contributed by atoms with Gasteiger partial charge in [0.2, 0.25) is 5.91 Å². The fraction of sp³-hybridized carbons (Fsp3) is 0.611. The number of primary amides is 1. The zero-order valence-corrected chi connectivity index (χ0v) is 16.5. The largest absolute Gasteiger partial charge is 0.366 e. The number of amides is 1. The average Bonchev–Trinajstić information content (AvgIpc) is 3.33. The van der Waals surface area contributed by atoms with Crippen molar-refractivity contribution < 1.29 is 18.0 Å². The number of likely N-dealkylation sites (tertiary alicyclic amines) is 1. The van der Waals surface area contributed by atoms with Crippen molar-refractivity contribution in [1.29, 1.82) is 0 Å². The smallest absolute Gasteiger partial charge is 0.279 e. The maximum absolute atomic E-state index is 12.9. The van der Waals surface area contributed by atoms with Gasteiger partial charge in [0, 0.05) is 18.6 Å². The van der Waals surface area contributed by atoms with Crippen molar-refractivity contribution in [3.8, 4) is 0 Å². The molecule has 8 nitrogen and oxygen atoms in total. The van der Waals surface area contributed by atoms with E-state index in [-0.39, 0.29) is 16.5 Å². The second-order valence-corrected chi connectivity index (χ2v) is 8.83. The molecule has 150 valence electrons. The number of rotatable bonds is 8. The lowest BCUT2D eigenvalue weighted by Crippen LogP contribution is -2.49. The molecule has 1 unspecified atom stereocenters. The molecule has 1 heterocycles. The molecule has 1 aromatic rings. The molecule has 0 bridgehead atoms. The monoisotopic (exact) mass is 396 g/mol. The highest BCUT2D eigenvalue weighted by Gasteiger charge is 2.34. The lowest BCUT2D eigenvalue weighted by atomic mass is 10.1. The number of sulfonamides is 1. The third-order valence-electron chi connectivity index (χ3n) is 5.49. The quantitative estimate of drug-likeness (QED) is 0.641. The van der Waals surface area contributed by atoms with Crippen LogP contribution in [0.4, 0.5) is 0 Å². The van der Waals surface area contributed by atoms with Gasteiger partial charge in [0.1, 0.15) is 0 Å². The summed E-state index contributed by atoms with van der Waals surface area (Å²) in [5, 5.41) is 0. The Hall–Kier alpha value is -1.52. The first-order valence-electron chi connectivity index (χ1n) is 9.42. The molecular formula is C18H28N4O4S. The number of carbonyl (C=O) groups is 1. The van der Waals surface area contributed by atoms with Crippen LogP contribution in [-0.4, -0.2) is 56.1 Å². The Morgan fingerprint density at radius 2 is 1.96 bits per heavy atom. The number of hydrogen-bond acceptors (Lipinski definition) is 6. The molecule has 2 aliphatic rings. The molecule has 1 saturated heterocycles. The summed E-state index contributed by atoms with van der Waals surface area (Å²) in [4.78, 5) is 19.0. The van der Waals surface area contributed by atoms with Gasteiger partial charge in [-0.3, -0.25) is 14.5 Å². The minimum absolute atomic E-state index is 0.0604. The lowest BCUT2D eigenvalue weighted by molar-refractivity contribution is -0.0926. The standard InChI is InChI=1S/C18H28N4O4S/c1-26-22(27(24,25)17-11-5-4-10-16(17)18(19)23)20-13-15-9-6-12-21(15)14-7-2-3-8-14/h4-5,10-11,14-15,20H,2-3,6-9,12-13H2,1H3,(H2,19,23). The first-order valence-corrected chi connectivity index (χ1v) is 10.9. The summed E-state index contributed by atoms with van der Waals surface area (Å²) in [5.41, 5.74) is 8.16. The Morgan fingerprint density at radius 3 is 2.63 bits per heavy atom. The van der Waals surface area contributed by atoms with Crippen molar-refractivity contribution in [3.05, 3.63) is 29.8 Å². The average molecular weight is 397 g/mol. The number of hydrazine groups is 1. The number of nitrogens with one attached hydrogen (secondary N) is 1. The Kier molecular flexibility index (Phi) is 6.48. The molecular weight excluding hydrogens is 368 g/mol. The van der Waals surface area contributed by atoms with E-state index in [4.69, 9.17) is 10.6 Å². The summed E-state index contributed by atoms with van der Waals surface area (Å²) >= 11 is 0. The summed E-state index contributed by atoms with van der Waals surface area (Å²) in [6, 6.07) is 6.73. The van der Waals surface area contributed by atoms with Gasteiger partial charge in [0.15, 0.2) is 0 Å². The predicted octanol–water partition coefficient (Wildman–Crippen LogP) is 1.25. The summed E-state index contributed by atoms with van der Waals surface area (Å²) < 4.78 is 26.6. The highest BCUT2D eigenvalue weighted by atomic mass is 32.2. The van der Waals surface area contributed by atoms with Gasteiger partial charge in [-0.1, -0.05) is 25.0 Å². The van der Waals surface area contributed by atoms with Gasteiger partial charge in [-0.05, 0) is 48.9 Å². The van der Waals surface area contributed by atoms with Crippen molar-refractivity contribution >= 4 is 15.9 Å². The van der Waals surface area contributed by atoms with Crippen LogP contribution in [0, 0.1) is 0 Å². The molecule has 3 N–H and O–H groups in total. The first-order chi connectivity index (χ1) is 12.9. The van der Waals surface area contributed by atoms with E-state index in [0.717, 1.165) is 24.0 Å². The normalized spacial score (nSPS) is 21.9. The molecule has 2 fully saturated rings. The number of nitrogens with two attached hydrogens (primary N) is 1. The van der Waals surface area contributed by atoms with Gasteiger partial charge < -0.3 is 5.73 Å². The first kappa shape index (κ1) is 20.2. The van der Waals surface area contributed by atoms with Crippen LogP contribution in [0.3, 0.4) is 0 Å². The van der Waals surface area contributed by atoms with Gasteiger partial charge in [-0.2, -0.15) is 0 Å². The third kappa shape index (κ3) is 4.33. The van der Waals surface area contributed by atoms with Crippen molar-refractivity contribution in [3.63, 3.8) is 0 Å². The second-order valence-electron chi connectivity index (χ2n) is 7.11. The second kappa shape index (κ2) is 8.66. The Balaban J connectivity index is 1.72. The minimum atomic E-state index is -4.07. The SMILES string of the molecule is CON(NCC1CCCN1C1CCCC1)S(=O)(=O)c1ccccc1C(N)=O. The molecule has 9 heteroatoms. The molecule has 1 amide bonds. The van der Waals surface area contributed by atoms with E-state index in [9.17, 15) is 13.2 Å². The van der Waals surface area contributed by atoms with E-state index < -0.39 is 15.9 Å². The van der Waals surface area contributed by atoms with Crippen molar-refractivity contribution in [2.24, 2.45) is 5.73 Å². The fourth-order valence-electron chi connectivity index (χ4n) is 4.21. The summed E-state index contributed by atoms with van der Waals surface area (Å²) in [7, 11) is -2.80. The van der Waals surface area contributed by atoms with Crippen LogP contribution < -0.4 is 11.2 Å². The van der Waals surface area contributed by atoms with Crippen LogP contribution >= 0.6 is 0 Å². The molecule has 1 aliphatic carbocycles.